The van der Waals surface area contributed by atoms with Crippen LogP contribution in [0.5, 0.6) is 17.2 Å². The number of amides is 2. The first kappa shape index (κ1) is 27.5. The van der Waals surface area contributed by atoms with Gasteiger partial charge in [0.25, 0.3) is 11.1 Å². The molecular formula is C29H26BrNO6S. The average Bonchev–Trinajstić information content (AvgIpc) is 3.15. The number of thioether (sulfide) groups is 1. The van der Waals surface area contributed by atoms with Crippen LogP contribution in [-0.2, 0) is 4.79 Å². The van der Waals surface area contributed by atoms with Crippen LogP contribution in [0.1, 0.15) is 32.6 Å². The smallest absolute Gasteiger partial charge is 0.343 e. The lowest BCUT2D eigenvalue weighted by Gasteiger charge is -2.15. The number of imide groups is 1. The Morgan fingerprint density at radius 1 is 0.974 bits per heavy atom. The van der Waals surface area contributed by atoms with Crippen LogP contribution in [0.25, 0.3) is 6.08 Å². The minimum atomic E-state index is -0.527. The molecule has 0 radical (unpaired) electrons. The third-order valence-corrected chi connectivity index (χ3v) is 7.32. The van der Waals surface area contributed by atoms with E-state index >= 15 is 0 Å². The van der Waals surface area contributed by atoms with Gasteiger partial charge >= 0.3 is 5.97 Å². The zero-order valence-corrected chi connectivity index (χ0v) is 23.8. The van der Waals surface area contributed by atoms with Crippen LogP contribution >= 0.6 is 27.7 Å². The van der Waals surface area contributed by atoms with Crippen molar-refractivity contribution in [2.45, 2.75) is 20.8 Å². The number of nitrogens with zero attached hydrogens (tertiary/aromatic N) is 1. The van der Waals surface area contributed by atoms with Crippen molar-refractivity contribution in [2.75, 3.05) is 20.3 Å². The standard InChI is InChI=1S/C29H26BrNO6S/c1-17-6-9-21(10-7-17)28(33)37-26-22(30)14-20(15-24(26)35-4)16-25-27(32)31(29(34)38-25)11-12-36-23-13-18(2)5-8-19(23)3/h5-10,13-16H,11-12H2,1-4H3/b25-16-. The molecule has 1 fully saturated rings. The molecule has 0 atom stereocenters. The monoisotopic (exact) mass is 595 g/mol. The van der Waals surface area contributed by atoms with Gasteiger partial charge in [0.15, 0.2) is 11.5 Å². The topological polar surface area (TPSA) is 82.1 Å². The molecule has 1 heterocycles. The van der Waals surface area contributed by atoms with E-state index in [9.17, 15) is 14.4 Å². The number of benzene rings is 3. The molecule has 0 aliphatic carbocycles. The number of carbonyl (C=O) groups is 3. The zero-order valence-electron chi connectivity index (χ0n) is 21.4. The molecule has 0 saturated carbocycles. The molecule has 2 amide bonds. The van der Waals surface area contributed by atoms with Gasteiger partial charge in [-0.05, 0) is 102 Å². The molecule has 4 rings (SSSR count). The van der Waals surface area contributed by atoms with Crippen LogP contribution in [0.15, 0.2) is 64.0 Å². The van der Waals surface area contributed by atoms with Crippen molar-refractivity contribution in [3.63, 3.8) is 0 Å². The van der Waals surface area contributed by atoms with Crippen LogP contribution in [0.3, 0.4) is 0 Å². The van der Waals surface area contributed by atoms with Crippen molar-refractivity contribution in [3.05, 3.63) is 91.8 Å². The van der Waals surface area contributed by atoms with Crippen LogP contribution in [0.4, 0.5) is 4.79 Å². The summed E-state index contributed by atoms with van der Waals surface area (Å²) in [5.41, 5.74) is 4.09. The summed E-state index contributed by atoms with van der Waals surface area (Å²) in [6.45, 7) is 6.18. The molecule has 196 valence electrons. The molecule has 3 aromatic carbocycles. The van der Waals surface area contributed by atoms with Crippen LogP contribution in [-0.4, -0.2) is 42.3 Å². The maximum atomic E-state index is 13.0. The predicted molar refractivity (Wildman–Crippen MR) is 151 cm³/mol. The first-order chi connectivity index (χ1) is 18.2. The minimum Gasteiger partial charge on any atom is -0.493 e. The van der Waals surface area contributed by atoms with Gasteiger partial charge in [-0.1, -0.05) is 29.8 Å². The Kier molecular flexibility index (Phi) is 8.58. The second kappa shape index (κ2) is 11.9. The highest BCUT2D eigenvalue weighted by atomic mass is 79.9. The number of rotatable bonds is 8. The molecule has 38 heavy (non-hydrogen) atoms. The number of esters is 1. The largest absolute Gasteiger partial charge is 0.493 e. The van der Waals surface area contributed by atoms with Crippen molar-refractivity contribution in [2.24, 2.45) is 0 Å². The Bertz CT molecular complexity index is 1430. The highest BCUT2D eigenvalue weighted by Crippen LogP contribution is 2.39. The van der Waals surface area contributed by atoms with Crippen molar-refractivity contribution >= 4 is 50.9 Å². The SMILES string of the molecule is COc1cc(/C=C2\SC(=O)N(CCOc3cc(C)ccc3C)C2=O)cc(Br)c1OC(=O)c1ccc(C)cc1. The van der Waals surface area contributed by atoms with Crippen LogP contribution < -0.4 is 14.2 Å². The number of hydrogen-bond acceptors (Lipinski definition) is 7. The van der Waals surface area contributed by atoms with Crippen molar-refractivity contribution in [1.29, 1.82) is 0 Å². The third-order valence-electron chi connectivity index (χ3n) is 5.82. The average molecular weight is 596 g/mol. The highest BCUT2D eigenvalue weighted by Gasteiger charge is 2.35. The van der Waals surface area contributed by atoms with E-state index in [4.69, 9.17) is 14.2 Å². The third kappa shape index (κ3) is 6.28. The van der Waals surface area contributed by atoms with Crippen LogP contribution in [0.2, 0.25) is 0 Å². The van der Waals surface area contributed by atoms with E-state index in [-0.39, 0.29) is 29.0 Å². The molecular weight excluding hydrogens is 570 g/mol. The summed E-state index contributed by atoms with van der Waals surface area (Å²) in [6.07, 6.45) is 1.61. The fraction of sp³-hybridized carbons (Fsp3) is 0.207. The summed E-state index contributed by atoms with van der Waals surface area (Å²) in [6, 6.07) is 16.3. The number of hydrogen-bond donors (Lipinski definition) is 0. The molecule has 3 aromatic rings. The lowest BCUT2D eigenvalue weighted by Crippen LogP contribution is -2.32. The first-order valence-corrected chi connectivity index (χ1v) is 13.4. The summed E-state index contributed by atoms with van der Waals surface area (Å²) >= 11 is 4.30. The van der Waals surface area contributed by atoms with Gasteiger partial charge < -0.3 is 14.2 Å². The lowest BCUT2D eigenvalue weighted by molar-refractivity contribution is -0.123. The fourth-order valence-electron chi connectivity index (χ4n) is 3.72. The van der Waals surface area contributed by atoms with Crippen molar-refractivity contribution in [1.82, 2.24) is 4.90 Å². The second-order valence-electron chi connectivity index (χ2n) is 8.74. The lowest BCUT2D eigenvalue weighted by atomic mass is 10.1. The number of ether oxygens (including phenoxy) is 3. The summed E-state index contributed by atoms with van der Waals surface area (Å²) in [7, 11) is 1.46. The summed E-state index contributed by atoms with van der Waals surface area (Å²) in [4.78, 5) is 39.6. The van der Waals surface area contributed by atoms with E-state index in [2.05, 4.69) is 15.9 Å². The maximum absolute atomic E-state index is 13.0. The Morgan fingerprint density at radius 2 is 1.68 bits per heavy atom. The van der Waals surface area contributed by atoms with E-state index in [0.717, 1.165) is 34.2 Å². The zero-order chi connectivity index (χ0) is 27.4. The molecule has 1 saturated heterocycles. The van der Waals surface area contributed by atoms with Gasteiger partial charge in [-0.3, -0.25) is 14.5 Å². The van der Waals surface area contributed by atoms with E-state index in [1.54, 1.807) is 30.3 Å². The van der Waals surface area contributed by atoms with Crippen molar-refractivity contribution < 1.29 is 28.6 Å². The van der Waals surface area contributed by atoms with E-state index < -0.39 is 11.9 Å². The minimum absolute atomic E-state index is 0.135. The number of methoxy groups -OCH3 is 1. The second-order valence-corrected chi connectivity index (χ2v) is 10.6. The van der Waals surface area contributed by atoms with Gasteiger partial charge in [0.2, 0.25) is 0 Å². The van der Waals surface area contributed by atoms with E-state index in [1.807, 2.05) is 51.1 Å². The first-order valence-electron chi connectivity index (χ1n) is 11.8. The molecule has 7 nitrogen and oxygen atoms in total. The Labute approximate surface area is 233 Å². The molecule has 0 bridgehead atoms. The number of aryl methyl sites for hydroxylation is 3. The molecule has 0 N–H and O–H groups in total. The Hall–Kier alpha value is -3.56. The molecule has 0 spiro atoms. The quantitative estimate of drug-likeness (QED) is 0.162. The summed E-state index contributed by atoms with van der Waals surface area (Å²) in [5.74, 6) is 0.322. The fourth-order valence-corrected chi connectivity index (χ4v) is 5.12. The van der Waals surface area contributed by atoms with Gasteiger partial charge in [-0.2, -0.15) is 0 Å². The van der Waals surface area contributed by atoms with Crippen LogP contribution in [0, 0.1) is 20.8 Å². The van der Waals surface area contributed by atoms with E-state index in [1.165, 1.54) is 12.0 Å². The number of halogens is 1. The predicted octanol–water partition coefficient (Wildman–Crippen LogP) is 6.72. The molecule has 1 aliphatic heterocycles. The van der Waals surface area contributed by atoms with Gasteiger partial charge in [-0.25, -0.2) is 4.79 Å². The normalized spacial score (nSPS) is 14.2. The van der Waals surface area contributed by atoms with Gasteiger partial charge in [0, 0.05) is 0 Å². The van der Waals surface area contributed by atoms with Gasteiger partial charge in [0.1, 0.15) is 12.4 Å². The molecule has 0 unspecified atom stereocenters. The van der Waals surface area contributed by atoms with Gasteiger partial charge in [-0.15, -0.1) is 0 Å². The number of carbonyl (C=O) groups excluding carboxylic acids is 3. The summed E-state index contributed by atoms with van der Waals surface area (Å²) in [5, 5.41) is -0.361. The highest BCUT2D eigenvalue weighted by molar-refractivity contribution is 9.10. The van der Waals surface area contributed by atoms with E-state index in [0.29, 0.717) is 21.3 Å². The van der Waals surface area contributed by atoms with Crippen molar-refractivity contribution in [3.8, 4) is 17.2 Å². The Balaban J connectivity index is 1.47. The Morgan fingerprint density at radius 3 is 2.39 bits per heavy atom. The molecule has 0 aromatic heterocycles. The summed E-state index contributed by atoms with van der Waals surface area (Å²) < 4.78 is 17.3. The maximum Gasteiger partial charge on any atom is 0.343 e. The van der Waals surface area contributed by atoms with Gasteiger partial charge in [0.05, 0.1) is 28.6 Å². The molecule has 9 heteroatoms. The molecule has 1 aliphatic rings.